The molecule has 1 rings (SSSR count). The second-order valence-corrected chi connectivity index (χ2v) is 3.62. The Kier molecular flexibility index (Phi) is 5.34. The number of unbranched alkanes of at least 4 members (excludes halogenated alkanes) is 1. The molecule has 0 aliphatic heterocycles. The molecule has 0 aliphatic rings. The molecule has 0 aliphatic carbocycles. The SMILES string of the molecule is CC=C(CCCC)C(=O)Oc1ccccc1. The number of carbonyl (C=O) groups is 1. The van der Waals surface area contributed by atoms with Crippen LogP contribution in [0.5, 0.6) is 5.75 Å². The summed E-state index contributed by atoms with van der Waals surface area (Å²) in [4.78, 5) is 11.8. The van der Waals surface area contributed by atoms with E-state index in [0.29, 0.717) is 5.75 Å². The number of esters is 1. The van der Waals surface area contributed by atoms with Gasteiger partial charge in [0.25, 0.3) is 0 Å². The van der Waals surface area contributed by atoms with Crippen molar-refractivity contribution in [2.24, 2.45) is 0 Å². The number of rotatable bonds is 5. The van der Waals surface area contributed by atoms with E-state index in [0.717, 1.165) is 24.8 Å². The van der Waals surface area contributed by atoms with Crippen molar-refractivity contribution in [1.29, 1.82) is 0 Å². The molecule has 0 aromatic heterocycles. The Balaban J connectivity index is 2.57. The molecule has 0 atom stereocenters. The van der Waals surface area contributed by atoms with Gasteiger partial charge in [-0.3, -0.25) is 0 Å². The molecule has 0 saturated heterocycles. The van der Waals surface area contributed by atoms with E-state index >= 15 is 0 Å². The lowest BCUT2D eigenvalue weighted by molar-refractivity contribution is -0.130. The topological polar surface area (TPSA) is 26.3 Å². The summed E-state index contributed by atoms with van der Waals surface area (Å²) in [5.74, 6) is 0.366. The van der Waals surface area contributed by atoms with Crippen molar-refractivity contribution < 1.29 is 9.53 Å². The van der Waals surface area contributed by atoms with Gasteiger partial charge in [0.2, 0.25) is 0 Å². The highest BCUT2D eigenvalue weighted by molar-refractivity contribution is 5.90. The Morgan fingerprint density at radius 3 is 2.56 bits per heavy atom. The van der Waals surface area contributed by atoms with E-state index in [4.69, 9.17) is 4.74 Å². The second kappa shape index (κ2) is 6.83. The average Bonchev–Trinajstić information content (AvgIpc) is 2.31. The molecule has 0 radical (unpaired) electrons. The van der Waals surface area contributed by atoms with Crippen LogP contribution < -0.4 is 4.74 Å². The maximum atomic E-state index is 11.8. The third kappa shape index (κ3) is 3.89. The fourth-order valence-electron chi connectivity index (χ4n) is 1.39. The van der Waals surface area contributed by atoms with Gasteiger partial charge in [0.1, 0.15) is 5.75 Å². The van der Waals surface area contributed by atoms with E-state index < -0.39 is 0 Å². The Morgan fingerprint density at radius 2 is 2.00 bits per heavy atom. The van der Waals surface area contributed by atoms with Crippen LogP contribution in [-0.2, 0) is 4.79 Å². The van der Waals surface area contributed by atoms with E-state index in [-0.39, 0.29) is 5.97 Å². The predicted octanol–water partition coefficient (Wildman–Crippen LogP) is 3.73. The first-order chi connectivity index (χ1) is 7.77. The summed E-state index contributed by atoms with van der Waals surface area (Å²) in [5.41, 5.74) is 0.755. The van der Waals surface area contributed by atoms with E-state index in [1.165, 1.54) is 0 Å². The number of hydrogen-bond acceptors (Lipinski definition) is 2. The molecule has 0 fully saturated rings. The first-order valence-electron chi connectivity index (χ1n) is 5.70. The number of para-hydroxylation sites is 1. The molecule has 0 saturated carbocycles. The normalized spacial score (nSPS) is 11.2. The van der Waals surface area contributed by atoms with Gasteiger partial charge < -0.3 is 4.74 Å². The van der Waals surface area contributed by atoms with E-state index in [1.807, 2.05) is 31.2 Å². The van der Waals surface area contributed by atoms with Gasteiger partial charge in [-0.1, -0.05) is 37.6 Å². The summed E-state index contributed by atoms with van der Waals surface area (Å²) in [6.07, 6.45) is 4.72. The smallest absolute Gasteiger partial charge is 0.339 e. The predicted molar refractivity (Wildman–Crippen MR) is 65.4 cm³/mol. The molecule has 0 bridgehead atoms. The zero-order chi connectivity index (χ0) is 11.8. The maximum Gasteiger partial charge on any atom is 0.339 e. The zero-order valence-electron chi connectivity index (χ0n) is 9.90. The molecule has 2 nitrogen and oxygen atoms in total. The molecular formula is C14H18O2. The highest BCUT2D eigenvalue weighted by atomic mass is 16.5. The van der Waals surface area contributed by atoms with Gasteiger partial charge in [-0.25, -0.2) is 4.79 Å². The van der Waals surface area contributed by atoms with Crippen molar-refractivity contribution in [2.75, 3.05) is 0 Å². The van der Waals surface area contributed by atoms with Crippen LogP contribution in [0.4, 0.5) is 0 Å². The van der Waals surface area contributed by atoms with Gasteiger partial charge in [-0.15, -0.1) is 0 Å². The first-order valence-corrected chi connectivity index (χ1v) is 5.70. The third-order valence-electron chi connectivity index (χ3n) is 2.36. The molecule has 86 valence electrons. The highest BCUT2D eigenvalue weighted by Crippen LogP contribution is 2.14. The molecule has 0 unspecified atom stereocenters. The Morgan fingerprint density at radius 1 is 1.31 bits per heavy atom. The molecule has 0 N–H and O–H groups in total. The van der Waals surface area contributed by atoms with E-state index in [2.05, 4.69) is 6.92 Å². The minimum Gasteiger partial charge on any atom is -0.423 e. The van der Waals surface area contributed by atoms with Crippen molar-refractivity contribution in [3.05, 3.63) is 42.0 Å². The molecule has 0 amide bonds. The molecule has 2 heteroatoms. The Hall–Kier alpha value is -1.57. The number of benzene rings is 1. The molecule has 0 heterocycles. The largest absolute Gasteiger partial charge is 0.423 e. The quantitative estimate of drug-likeness (QED) is 0.427. The van der Waals surface area contributed by atoms with Crippen LogP contribution in [0, 0.1) is 0 Å². The van der Waals surface area contributed by atoms with Crippen molar-refractivity contribution in [3.8, 4) is 5.75 Å². The maximum absolute atomic E-state index is 11.8. The fourth-order valence-corrected chi connectivity index (χ4v) is 1.39. The fraction of sp³-hybridized carbons (Fsp3) is 0.357. The molecule has 0 spiro atoms. The van der Waals surface area contributed by atoms with Crippen LogP contribution in [0.15, 0.2) is 42.0 Å². The number of allylic oxidation sites excluding steroid dienone is 1. The highest BCUT2D eigenvalue weighted by Gasteiger charge is 2.10. The summed E-state index contributed by atoms with van der Waals surface area (Å²) in [6.45, 7) is 3.98. The van der Waals surface area contributed by atoms with Crippen molar-refractivity contribution in [3.63, 3.8) is 0 Å². The minimum absolute atomic E-state index is 0.234. The molecule has 16 heavy (non-hydrogen) atoms. The summed E-state index contributed by atoms with van der Waals surface area (Å²) >= 11 is 0. The van der Waals surface area contributed by atoms with Gasteiger partial charge in [0.15, 0.2) is 0 Å². The number of hydrogen-bond donors (Lipinski definition) is 0. The van der Waals surface area contributed by atoms with Crippen LogP contribution in [0.3, 0.4) is 0 Å². The lowest BCUT2D eigenvalue weighted by Gasteiger charge is -2.06. The number of ether oxygens (including phenoxy) is 1. The molecule has 1 aromatic carbocycles. The summed E-state index contributed by atoms with van der Waals surface area (Å²) < 4.78 is 5.26. The second-order valence-electron chi connectivity index (χ2n) is 3.62. The molecular weight excluding hydrogens is 200 g/mol. The summed E-state index contributed by atoms with van der Waals surface area (Å²) in [6, 6.07) is 9.16. The van der Waals surface area contributed by atoms with Crippen LogP contribution >= 0.6 is 0 Å². The third-order valence-corrected chi connectivity index (χ3v) is 2.36. The van der Waals surface area contributed by atoms with Crippen molar-refractivity contribution >= 4 is 5.97 Å². The summed E-state index contributed by atoms with van der Waals surface area (Å²) in [7, 11) is 0. The standard InChI is InChI=1S/C14H18O2/c1-3-5-9-12(4-2)14(15)16-13-10-7-6-8-11-13/h4,6-8,10-11H,3,5,9H2,1-2H3. The van der Waals surface area contributed by atoms with E-state index in [9.17, 15) is 4.79 Å². The minimum atomic E-state index is -0.234. The first kappa shape index (κ1) is 12.5. The van der Waals surface area contributed by atoms with Gasteiger partial charge in [0.05, 0.1) is 0 Å². The van der Waals surface area contributed by atoms with Gasteiger partial charge in [-0.05, 0) is 31.9 Å². The van der Waals surface area contributed by atoms with Crippen LogP contribution in [-0.4, -0.2) is 5.97 Å². The van der Waals surface area contributed by atoms with Crippen molar-refractivity contribution in [1.82, 2.24) is 0 Å². The van der Waals surface area contributed by atoms with Crippen LogP contribution in [0.1, 0.15) is 33.1 Å². The van der Waals surface area contributed by atoms with Gasteiger partial charge >= 0.3 is 5.97 Å². The van der Waals surface area contributed by atoms with Crippen molar-refractivity contribution in [2.45, 2.75) is 33.1 Å². The average molecular weight is 218 g/mol. The lowest BCUT2D eigenvalue weighted by Crippen LogP contribution is -2.11. The number of carbonyl (C=O) groups excluding carboxylic acids is 1. The Labute approximate surface area is 96.9 Å². The van der Waals surface area contributed by atoms with Crippen LogP contribution in [0.2, 0.25) is 0 Å². The monoisotopic (exact) mass is 218 g/mol. The van der Waals surface area contributed by atoms with Crippen LogP contribution in [0.25, 0.3) is 0 Å². The van der Waals surface area contributed by atoms with Gasteiger partial charge in [0, 0.05) is 5.57 Å². The van der Waals surface area contributed by atoms with E-state index in [1.54, 1.807) is 12.1 Å². The lowest BCUT2D eigenvalue weighted by atomic mass is 10.1. The zero-order valence-corrected chi connectivity index (χ0v) is 9.90. The summed E-state index contributed by atoms with van der Waals surface area (Å²) in [5, 5.41) is 0. The Bertz CT molecular complexity index is 352. The molecule has 1 aromatic rings. The van der Waals surface area contributed by atoms with Gasteiger partial charge in [-0.2, -0.15) is 0 Å².